The van der Waals surface area contributed by atoms with Gasteiger partial charge in [0.05, 0.1) is 6.61 Å². The highest BCUT2D eigenvalue weighted by atomic mass is 16.5. The van der Waals surface area contributed by atoms with Crippen LogP contribution in [0.1, 0.15) is 33.5 Å². The van der Waals surface area contributed by atoms with E-state index in [0.717, 1.165) is 42.9 Å². The van der Waals surface area contributed by atoms with Crippen LogP contribution in [0.15, 0.2) is 78.9 Å². The number of hydrogen-bond acceptors (Lipinski definition) is 4. The first-order valence-electron chi connectivity index (χ1n) is 12.2. The molecule has 1 atom stereocenters. The van der Waals surface area contributed by atoms with E-state index in [0.29, 0.717) is 31.4 Å². The molecule has 3 N–H and O–H groups in total. The van der Waals surface area contributed by atoms with Crippen molar-refractivity contribution in [2.24, 2.45) is 5.73 Å². The van der Waals surface area contributed by atoms with Gasteiger partial charge in [-0.2, -0.15) is 0 Å². The molecule has 3 aromatic carbocycles. The van der Waals surface area contributed by atoms with Crippen LogP contribution < -0.4 is 15.8 Å². The third-order valence-corrected chi connectivity index (χ3v) is 6.43. The Kier molecular flexibility index (Phi) is 8.52. The van der Waals surface area contributed by atoms with Crippen molar-refractivity contribution in [2.75, 3.05) is 26.2 Å². The van der Waals surface area contributed by atoms with E-state index in [9.17, 15) is 9.59 Å². The molecule has 0 bridgehead atoms. The predicted octanol–water partition coefficient (Wildman–Crippen LogP) is 3.38. The van der Waals surface area contributed by atoms with Gasteiger partial charge < -0.3 is 20.7 Å². The second-order valence-corrected chi connectivity index (χ2v) is 8.91. The summed E-state index contributed by atoms with van der Waals surface area (Å²) in [4.78, 5) is 26.6. The Morgan fingerprint density at radius 3 is 2.54 bits per heavy atom. The molecule has 0 spiro atoms. The van der Waals surface area contributed by atoms with Crippen molar-refractivity contribution in [2.45, 2.75) is 31.7 Å². The van der Waals surface area contributed by atoms with Gasteiger partial charge in [-0.1, -0.05) is 60.7 Å². The third-order valence-electron chi connectivity index (χ3n) is 6.43. The maximum atomic E-state index is 13.2. The van der Waals surface area contributed by atoms with Gasteiger partial charge in [0.1, 0.15) is 5.75 Å². The summed E-state index contributed by atoms with van der Waals surface area (Å²) >= 11 is 0. The van der Waals surface area contributed by atoms with Gasteiger partial charge >= 0.3 is 0 Å². The van der Waals surface area contributed by atoms with E-state index in [-0.39, 0.29) is 11.9 Å². The summed E-state index contributed by atoms with van der Waals surface area (Å²) in [6, 6.07) is 25.7. The number of nitrogens with zero attached hydrogens (tertiary/aromatic N) is 1. The zero-order chi connectivity index (χ0) is 24.5. The summed E-state index contributed by atoms with van der Waals surface area (Å²) in [7, 11) is 0. The van der Waals surface area contributed by atoms with Gasteiger partial charge in [0.15, 0.2) is 0 Å². The summed E-state index contributed by atoms with van der Waals surface area (Å²) in [6.07, 6.45) is 2.60. The average molecular weight is 472 g/mol. The van der Waals surface area contributed by atoms with Gasteiger partial charge in [-0.05, 0) is 47.7 Å². The summed E-state index contributed by atoms with van der Waals surface area (Å²) < 4.78 is 6.07. The quantitative estimate of drug-likeness (QED) is 0.475. The number of amides is 2. The fourth-order valence-corrected chi connectivity index (χ4v) is 4.55. The summed E-state index contributed by atoms with van der Waals surface area (Å²) in [5, 5.41) is 3.43. The SMILES string of the molecule is NC(=O)c1cccc(CCOc2ccccc2CCC(=O)N2CCNCC2Cc2ccccc2)c1. The molecule has 1 aliphatic heterocycles. The molecule has 1 heterocycles. The zero-order valence-electron chi connectivity index (χ0n) is 20.0. The van der Waals surface area contributed by atoms with Crippen LogP contribution in [-0.2, 0) is 24.1 Å². The zero-order valence-corrected chi connectivity index (χ0v) is 20.0. The van der Waals surface area contributed by atoms with Gasteiger partial charge in [0.25, 0.3) is 0 Å². The van der Waals surface area contributed by atoms with Crippen molar-refractivity contribution < 1.29 is 14.3 Å². The molecule has 1 saturated heterocycles. The minimum Gasteiger partial charge on any atom is -0.493 e. The Labute approximate surface area is 207 Å². The highest BCUT2D eigenvalue weighted by Crippen LogP contribution is 2.21. The number of para-hydroxylation sites is 1. The molecule has 0 aromatic heterocycles. The number of carbonyl (C=O) groups is 2. The Bertz CT molecular complexity index is 1130. The van der Waals surface area contributed by atoms with Crippen LogP contribution in [0, 0.1) is 0 Å². The van der Waals surface area contributed by atoms with Crippen LogP contribution >= 0.6 is 0 Å². The Morgan fingerprint density at radius 2 is 1.71 bits per heavy atom. The molecular formula is C29H33N3O3. The maximum Gasteiger partial charge on any atom is 0.248 e. The van der Waals surface area contributed by atoms with Crippen molar-refractivity contribution in [3.8, 4) is 5.75 Å². The number of aryl methyl sites for hydroxylation is 1. The normalized spacial score (nSPS) is 15.5. The van der Waals surface area contributed by atoms with Gasteiger partial charge in [-0.15, -0.1) is 0 Å². The lowest BCUT2D eigenvalue weighted by Crippen LogP contribution is -2.54. The molecule has 0 saturated carbocycles. The van der Waals surface area contributed by atoms with Crippen molar-refractivity contribution in [3.63, 3.8) is 0 Å². The van der Waals surface area contributed by atoms with E-state index in [4.69, 9.17) is 10.5 Å². The lowest BCUT2D eigenvalue weighted by atomic mass is 10.0. The number of nitrogens with one attached hydrogen (secondary N) is 1. The number of carbonyl (C=O) groups excluding carboxylic acids is 2. The highest BCUT2D eigenvalue weighted by Gasteiger charge is 2.26. The Balaban J connectivity index is 1.32. The lowest BCUT2D eigenvalue weighted by molar-refractivity contribution is -0.134. The number of rotatable bonds is 10. The van der Waals surface area contributed by atoms with Gasteiger partial charge in [0, 0.05) is 44.1 Å². The first-order valence-corrected chi connectivity index (χ1v) is 12.2. The third kappa shape index (κ3) is 6.93. The largest absolute Gasteiger partial charge is 0.493 e. The van der Waals surface area contributed by atoms with Crippen LogP contribution in [0.2, 0.25) is 0 Å². The average Bonchev–Trinajstić information content (AvgIpc) is 2.89. The molecule has 1 aliphatic rings. The van der Waals surface area contributed by atoms with E-state index in [1.54, 1.807) is 12.1 Å². The lowest BCUT2D eigenvalue weighted by Gasteiger charge is -2.36. The van der Waals surface area contributed by atoms with Gasteiger partial charge in [-0.25, -0.2) is 0 Å². The Hall–Kier alpha value is -3.64. The van der Waals surface area contributed by atoms with E-state index >= 15 is 0 Å². The molecule has 1 fully saturated rings. The molecule has 2 amide bonds. The fourth-order valence-electron chi connectivity index (χ4n) is 4.55. The molecule has 6 heteroatoms. The molecule has 4 rings (SSSR count). The van der Waals surface area contributed by atoms with Crippen molar-refractivity contribution >= 4 is 11.8 Å². The topological polar surface area (TPSA) is 84.7 Å². The standard InChI is InChI=1S/C29H33N3O3/c30-29(34)25-11-6-9-23(19-25)15-18-35-27-12-5-4-10-24(27)13-14-28(33)32-17-16-31-21-26(32)20-22-7-2-1-3-8-22/h1-12,19,26,31H,13-18,20-21H2,(H2,30,34). The molecule has 0 radical (unpaired) electrons. The van der Waals surface area contributed by atoms with E-state index < -0.39 is 5.91 Å². The number of primary amides is 1. The number of hydrogen-bond donors (Lipinski definition) is 2. The minimum absolute atomic E-state index is 0.168. The van der Waals surface area contributed by atoms with Crippen LogP contribution in [0.4, 0.5) is 0 Å². The van der Waals surface area contributed by atoms with E-state index in [2.05, 4.69) is 17.4 Å². The monoisotopic (exact) mass is 471 g/mol. The molecule has 182 valence electrons. The first-order chi connectivity index (χ1) is 17.1. The number of ether oxygens (including phenoxy) is 1. The van der Waals surface area contributed by atoms with Crippen LogP contribution in [0.3, 0.4) is 0 Å². The number of nitrogens with two attached hydrogens (primary N) is 1. The highest BCUT2D eigenvalue weighted by molar-refractivity contribution is 5.92. The molecule has 6 nitrogen and oxygen atoms in total. The van der Waals surface area contributed by atoms with E-state index in [1.807, 2.05) is 59.5 Å². The molecule has 0 aliphatic carbocycles. The molecule has 1 unspecified atom stereocenters. The minimum atomic E-state index is -0.432. The first kappa shape index (κ1) is 24.5. The number of piperazine rings is 1. The fraction of sp³-hybridized carbons (Fsp3) is 0.310. The van der Waals surface area contributed by atoms with Gasteiger partial charge in [-0.3, -0.25) is 9.59 Å². The van der Waals surface area contributed by atoms with Crippen molar-refractivity contribution in [1.82, 2.24) is 10.2 Å². The van der Waals surface area contributed by atoms with Crippen molar-refractivity contribution in [3.05, 3.63) is 101 Å². The van der Waals surface area contributed by atoms with E-state index in [1.165, 1.54) is 5.56 Å². The maximum absolute atomic E-state index is 13.2. The van der Waals surface area contributed by atoms with Crippen LogP contribution in [0.25, 0.3) is 0 Å². The second kappa shape index (κ2) is 12.2. The predicted molar refractivity (Wildman–Crippen MR) is 137 cm³/mol. The van der Waals surface area contributed by atoms with Gasteiger partial charge in [0.2, 0.25) is 11.8 Å². The second-order valence-electron chi connectivity index (χ2n) is 8.91. The summed E-state index contributed by atoms with van der Waals surface area (Å²) in [6.45, 7) is 2.86. The smallest absolute Gasteiger partial charge is 0.248 e. The molecule has 35 heavy (non-hydrogen) atoms. The van der Waals surface area contributed by atoms with Crippen LogP contribution in [0.5, 0.6) is 5.75 Å². The number of benzene rings is 3. The Morgan fingerprint density at radius 1 is 0.943 bits per heavy atom. The molecule has 3 aromatic rings. The summed E-state index contributed by atoms with van der Waals surface area (Å²) in [5.74, 6) is 0.552. The molecular weight excluding hydrogens is 438 g/mol. The summed E-state index contributed by atoms with van der Waals surface area (Å²) in [5.41, 5.74) is 9.15. The van der Waals surface area contributed by atoms with Crippen molar-refractivity contribution in [1.29, 1.82) is 0 Å². The van der Waals surface area contributed by atoms with Crippen LogP contribution in [-0.4, -0.2) is 49.0 Å².